The molecule has 1 saturated heterocycles. The van der Waals surface area contributed by atoms with Gasteiger partial charge < -0.3 is 5.32 Å². The highest BCUT2D eigenvalue weighted by molar-refractivity contribution is 9.10. The van der Waals surface area contributed by atoms with E-state index in [-0.39, 0.29) is 0 Å². The summed E-state index contributed by atoms with van der Waals surface area (Å²) in [4.78, 5) is 4.24. The Morgan fingerprint density at radius 3 is 3.17 bits per heavy atom. The number of pyridine rings is 1. The van der Waals surface area contributed by atoms with E-state index in [9.17, 15) is 0 Å². The lowest BCUT2D eigenvalue weighted by Crippen LogP contribution is -2.27. The van der Waals surface area contributed by atoms with E-state index in [4.69, 9.17) is 5.26 Å². The Labute approximate surface area is 115 Å². The van der Waals surface area contributed by atoms with Crippen molar-refractivity contribution in [1.82, 2.24) is 10.3 Å². The quantitative estimate of drug-likeness (QED) is 0.812. The molecule has 0 radical (unpaired) electrons. The van der Waals surface area contributed by atoms with Gasteiger partial charge in [-0.2, -0.15) is 5.26 Å². The third-order valence-electron chi connectivity index (χ3n) is 3.90. The van der Waals surface area contributed by atoms with Crippen molar-refractivity contribution in [2.24, 2.45) is 5.92 Å². The van der Waals surface area contributed by atoms with Gasteiger partial charge in [0.05, 0.1) is 5.56 Å². The molecule has 2 aliphatic rings. The maximum Gasteiger partial charge on any atom is 0.123 e. The second kappa shape index (κ2) is 4.83. The molecule has 2 heterocycles. The SMILES string of the molecule is N#Cc1cc(C2=CC3NCCC3CC2)cnc1Br. The van der Waals surface area contributed by atoms with Gasteiger partial charge in [0.1, 0.15) is 10.7 Å². The van der Waals surface area contributed by atoms with Gasteiger partial charge in [-0.25, -0.2) is 4.98 Å². The second-order valence-corrected chi connectivity index (χ2v) is 5.68. The van der Waals surface area contributed by atoms with Crippen molar-refractivity contribution in [2.45, 2.75) is 25.3 Å². The summed E-state index contributed by atoms with van der Waals surface area (Å²) in [5, 5.41) is 12.6. The van der Waals surface area contributed by atoms with Crippen LogP contribution in [-0.2, 0) is 0 Å². The number of halogens is 1. The molecule has 1 fully saturated rings. The van der Waals surface area contributed by atoms with Gasteiger partial charge >= 0.3 is 0 Å². The lowest BCUT2D eigenvalue weighted by atomic mass is 9.84. The average Bonchev–Trinajstić information content (AvgIpc) is 2.86. The molecule has 4 heteroatoms. The molecule has 0 saturated carbocycles. The molecule has 3 rings (SSSR count). The molecular weight excluding hydrogens is 290 g/mol. The summed E-state index contributed by atoms with van der Waals surface area (Å²) < 4.78 is 0.627. The summed E-state index contributed by atoms with van der Waals surface area (Å²) in [6, 6.07) is 4.61. The summed E-state index contributed by atoms with van der Waals surface area (Å²) in [6.07, 6.45) is 7.80. The van der Waals surface area contributed by atoms with Gasteiger partial charge in [-0.15, -0.1) is 0 Å². The normalized spacial score (nSPS) is 26.3. The molecule has 3 nitrogen and oxygen atoms in total. The van der Waals surface area contributed by atoms with Crippen molar-refractivity contribution in [3.63, 3.8) is 0 Å². The minimum Gasteiger partial charge on any atom is -0.310 e. The highest BCUT2D eigenvalue weighted by atomic mass is 79.9. The molecular formula is C14H14BrN3. The van der Waals surface area contributed by atoms with Crippen LogP contribution in [0.1, 0.15) is 30.4 Å². The van der Waals surface area contributed by atoms with E-state index >= 15 is 0 Å². The largest absolute Gasteiger partial charge is 0.310 e. The van der Waals surface area contributed by atoms with Crippen LogP contribution in [0.5, 0.6) is 0 Å². The molecule has 2 unspecified atom stereocenters. The van der Waals surface area contributed by atoms with Crippen LogP contribution in [0.3, 0.4) is 0 Å². The van der Waals surface area contributed by atoms with Crippen molar-refractivity contribution < 1.29 is 0 Å². The molecule has 92 valence electrons. The Kier molecular flexibility index (Phi) is 3.19. The van der Waals surface area contributed by atoms with Gasteiger partial charge in [0.2, 0.25) is 0 Å². The summed E-state index contributed by atoms with van der Waals surface area (Å²) in [5.74, 6) is 0.799. The molecule has 2 atom stereocenters. The minimum absolute atomic E-state index is 0.517. The van der Waals surface area contributed by atoms with E-state index in [2.05, 4.69) is 38.4 Å². The number of aromatic nitrogens is 1. The lowest BCUT2D eigenvalue weighted by molar-refractivity contribution is 0.465. The Bertz CT molecular complexity index is 544. The Hall–Kier alpha value is -1.18. The lowest BCUT2D eigenvalue weighted by Gasteiger charge is -2.24. The number of allylic oxidation sites excluding steroid dienone is 1. The van der Waals surface area contributed by atoms with E-state index in [0.717, 1.165) is 24.4 Å². The maximum absolute atomic E-state index is 9.04. The van der Waals surface area contributed by atoms with Crippen LogP contribution in [0.15, 0.2) is 22.9 Å². The number of nitrogens with one attached hydrogen (secondary N) is 1. The molecule has 1 aromatic rings. The van der Waals surface area contributed by atoms with Gasteiger partial charge in [0, 0.05) is 12.2 Å². The first kappa shape index (κ1) is 11.9. The predicted molar refractivity (Wildman–Crippen MR) is 73.8 cm³/mol. The fourth-order valence-electron chi connectivity index (χ4n) is 2.88. The zero-order valence-corrected chi connectivity index (χ0v) is 11.6. The molecule has 18 heavy (non-hydrogen) atoms. The van der Waals surface area contributed by atoms with E-state index in [0.29, 0.717) is 16.2 Å². The van der Waals surface area contributed by atoms with Gasteiger partial charge in [-0.3, -0.25) is 0 Å². The Morgan fingerprint density at radius 2 is 2.33 bits per heavy atom. The molecule has 0 amide bonds. The summed E-state index contributed by atoms with van der Waals surface area (Å²) in [5.41, 5.74) is 3.01. The summed E-state index contributed by atoms with van der Waals surface area (Å²) in [6.45, 7) is 1.13. The first-order chi connectivity index (χ1) is 8.78. The van der Waals surface area contributed by atoms with E-state index in [1.807, 2.05) is 12.3 Å². The Morgan fingerprint density at radius 1 is 1.44 bits per heavy atom. The van der Waals surface area contributed by atoms with Crippen molar-refractivity contribution in [3.05, 3.63) is 34.1 Å². The van der Waals surface area contributed by atoms with Gasteiger partial charge in [0.25, 0.3) is 0 Å². The molecule has 0 spiro atoms. The number of fused-ring (bicyclic) bond motifs is 1. The van der Waals surface area contributed by atoms with Crippen LogP contribution in [0.2, 0.25) is 0 Å². The van der Waals surface area contributed by atoms with E-state index in [1.54, 1.807) is 0 Å². The van der Waals surface area contributed by atoms with Crippen molar-refractivity contribution in [1.29, 1.82) is 5.26 Å². The fraction of sp³-hybridized carbons (Fsp3) is 0.429. The van der Waals surface area contributed by atoms with Gasteiger partial charge in [-0.05, 0) is 64.9 Å². The molecule has 1 N–H and O–H groups in total. The predicted octanol–water partition coefficient (Wildman–Crippen LogP) is 2.87. The molecule has 1 aliphatic heterocycles. The first-order valence-corrected chi connectivity index (χ1v) is 7.07. The first-order valence-electron chi connectivity index (χ1n) is 6.28. The third kappa shape index (κ3) is 2.09. The molecule has 1 aliphatic carbocycles. The topological polar surface area (TPSA) is 48.7 Å². The maximum atomic E-state index is 9.04. The van der Waals surface area contributed by atoms with Crippen molar-refractivity contribution in [2.75, 3.05) is 6.54 Å². The van der Waals surface area contributed by atoms with Crippen LogP contribution >= 0.6 is 15.9 Å². The highest BCUT2D eigenvalue weighted by Crippen LogP contribution is 2.34. The zero-order chi connectivity index (χ0) is 12.5. The number of rotatable bonds is 1. The standard InChI is InChI=1S/C14H14BrN3/c15-14-11(7-16)5-12(8-18-14)10-2-1-9-3-4-17-13(9)6-10/h5-6,8-9,13,17H,1-4H2. The summed E-state index contributed by atoms with van der Waals surface area (Å²) >= 11 is 3.29. The molecule has 0 bridgehead atoms. The van der Waals surface area contributed by atoms with Gasteiger partial charge in [-0.1, -0.05) is 6.08 Å². The van der Waals surface area contributed by atoms with E-state index in [1.165, 1.54) is 18.4 Å². The number of hydrogen-bond donors (Lipinski definition) is 1. The van der Waals surface area contributed by atoms with Crippen LogP contribution < -0.4 is 5.32 Å². The fourth-order valence-corrected chi connectivity index (χ4v) is 3.19. The van der Waals surface area contributed by atoms with Crippen LogP contribution in [0.4, 0.5) is 0 Å². The molecule has 0 aromatic carbocycles. The van der Waals surface area contributed by atoms with Crippen LogP contribution in [0, 0.1) is 17.2 Å². The smallest absolute Gasteiger partial charge is 0.123 e. The van der Waals surface area contributed by atoms with Crippen LogP contribution in [0.25, 0.3) is 5.57 Å². The highest BCUT2D eigenvalue weighted by Gasteiger charge is 2.29. The van der Waals surface area contributed by atoms with Crippen molar-refractivity contribution >= 4 is 21.5 Å². The van der Waals surface area contributed by atoms with Crippen LogP contribution in [-0.4, -0.2) is 17.6 Å². The van der Waals surface area contributed by atoms with Gasteiger partial charge in [0.15, 0.2) is 0 Å². The molecule has 1 aromatic heterocycles. The average molecular weight is 304 g/mol. The second-order valence-electron chi connectivity index (χ2n) is 4.93. The minimum atomic E-state index is 0.517. The number of hydrogen-bond acceptors (Lipinski definition) is 3. The van der Waals surface area contributed by atoms with Crippen molar-refractivity contribution in [3.8, 4) is 6.07 Å². The summed E-state index contributed by atoms with van der Waals surface area (Å²) in [7, 11) is 0. The number of nitriles is 1. The zero-order valence-electron chi connectivity index (χ0n) is 9.99. The third-order valence-corrected chi connectivity index (χ3v) is 4.53. The van der Waals surface area contributed by atoms with E-state index < -0.39 is 0 Å². The monoisotopic (exact) mass is 303 g/mol. The number of nitrogens with zero attached hydrogens (tertiary/aromatic N) is 2. The Balaban J connectivity index is 1.93.